The van der Waals surface area contributed by atoms with Gasteiger partial charge in [0.2, 0.25) is 5.78 Å². The van der Waals surface area contributed by atoms with Crippen molar-refractivity contribution >= 4 is 87.0 Å². The highest BCUT2D eigenvalue weighted by molar-refractivity contribution is 9.11. The van der Waals surface area contributed by atoms with Crippen molar-refractivity contribution in [1.29, 1.82) is 0 Å². The second-order valence-corrected chi connectivity index (χ2v) is 9.51. The van der Waals surface area contributed by atoms with Crippen molar-refractivity contribution in [2.75, 3.05) is 13.7 Å². The number of ether oxygens (including phenoxy) is 3. The van der Waals surface area contributed by atoms with Gasteiger partial charge in [0.15, 0.2) is 5.75 Å². The van der Waals surface area contributed by atoms with Gasteiger partial charge in [-0.05, 0) is 93.5 Å². The van der Waals surface area contributed by atoms with Crippen LogP contribution in [0.5, 0.6) is 11.5 Å². The van der Waals surface area contributed by atoms with Crippen LogP contribution in [-0.2, 0) is 14.3 Å². The lowest BCUT2D eigenvalue weighted by molar-refractivity contribution is -0.135. The zero-order valence-corrected chi connectivity index (χ0v) is 21.8. The predicted octanol–water partition coefficient (Wildman–Crippen LogP) is 5.86. The molecule has 2 aromatic rings. The summed E-state index contributed by atoms with van der Waals surface area (Å²) in [4.78, 5) is 36.9. The van der Waals surface area contributed by atoms with Crippen LogP contribution in [0.25, 0.3) is 5.57 Å². The van der Waals surface area contributed by atoms with Crippen LogP contribution in [0.3, 0.4) is 0 Å². The number of ketones is 1. The minimum atomic E-state index is -0.700. The van der Waals surface area contributed by atoms with Crippen LogP contribution in [0.1, 0.15) is 22.8 Å². The van der Waals surface area contributed by atoms with Gasteiger partial charge in [0.1, 0.15) is 17.9 Å². The number of carbonyl (C=O) groups excluding carboxylic acids is 3. The second-order valence-electron chi connectivity index (χ2n) is 6.09. The Morgan fingerprint density at radius 3 is 1.97 bits per heavy atom. The van der Waals surface area contributed by atoms with Crippen LogP contribution >= 0.6 is 63.7 Å². The maximum atomic E-state index is 13.2. The van der Waals surface area contributed by atoms with E-state index in [0.717, 1.165) is 0 Å². The van der Waals surface area contributed by atoms with E-state index in [-0.39, 0.29) is 17.7 Å². The van der Waals surface area contributed by atoms with Crippen LogP contribution < -0.4 is 9.47 Å². The zero-order valence-electron chi connectivity index (χ0n) is 15.5. The van der Waals surface area contributed by atoms with E-state index < -0.39 is 17.7 Å². The Morgan fingerprint density at radius 1 is 0.933 bits per heavy atom. The first kappa shape index (κ1) is 23.2. The van der Waals surface area contributed by atoms with Crippen LogP contribution in [0.15, 0.2) is 47.7 Å². The second kappa shape index (κ2) is 9.33. The van der Waals surface area contributed by atoms with Gasteiger partial charge in [0.05, 0.1) is 25.0 Å². The van der Waals surface area contributed by atoms with Crippen LogP contribution in [0.2, 0.25) is 0 Å². The first-order valence-corrected chi connectivity index (χ1v) is 11.5. The van der Waals surface area contributed by atoms with E-state index in [4.69, 9.17) is 14.2 Å². The number of benzene rings is 2. The lowest BCUT2D eigenvalue weighted by Gasteiger charge is -2.11. The van der Waals surface area contributed by atoms with E-state index >= 15 is 0 Å². The molecular weight excluding hydrogens is 656 g/mol. The van der Waals surface area contributed by atoms with Gasteiger partial charge in [-0.2, -0.15) is 0 Å². The molecule has 0 atom stereocenters. The summed E-state index contributed by atoms with van der Waals surface area (Å²) in [5.74, 6) is -0.826. The van der Waals surface area contributed by atoms with Crippen molar-refractivity contribution in [3.8, 4) is 11.5 Å². The van der Waals surface area contributed by atoms with E-state index in [1.165, 1.54) is 14.0 Å². The summed E-state index contributed by atoms with van der Waals surface area (Å²) in [5, 5.41) is 0. The highest BCUT2D eigenvalue weighted by Crippen LogP contribution is 2.40. The van der Waals surface area contributed by atoms with Gasteiger partial charge in [0.25, 0.3) is 0 Å². The zero-order chi connectivity index (χ0) is 22.2. The number of esters is 2. The van der Waals surface area contributed by atoms with E-state index in [1.807, 2.05) is 0 Å². The molecule has 6 nitrogen and oxygen atoms in total. The molecule has 0 unspecified atom stereocenters. The highest BCUT2D eigenvalue weighted by Gasteiger charge is 2.33. The molecular formula is C20H12Br4O6. The first-order valence-electron chi connectivity index (χ1n) is 8.29. The minimum absolute atomic E-state index is 0.0514. The Labute approximate surface area is 205 Å². The molecule has 3 rings (SSSR count). The summed E-state index contributed by atoms with van der Waals surface area (Å²) < 4.78 is 17.7. The van der Waals surface area contributed by atoms with Gasteiger partial charge in [-0.15, -0.1) is 0 Å². The molecule has 0 amide bonds. The van der Waals surface area contributed by atoms with Crippen molar-refractivity contribution in [1.82, 2.24) is 0 Å². The van der Waals surface area contributed by atoms with Crippen LogP contribution in [0, 0.1) is 0 Å². The van der Waals surface area contributed by atoms with Gasteiger partial charge < -0.3 is 14.2 Å². The Hall–Kier alpha value is -1.49. The van der Waals surface area contributed by atoms with Gasteiger partial charge in [-0.3, -0.25) is 9.59 Å². The number of Topliss-reactive ketones (excluding diaryl/α,β-unsaturated/α-hetero) is 1. The summed E-state index contributed by atoms with van der Waals surface area (Å²) in [5.41, 5.74) is 1.24. The van der Waals surface area contributed by atoms with Crippen molar-refractivity contribution in [2.45, 2.75) is 6.92 Å². The fourth-order valence-electron chi connectivity index (χ4n) is 2.87. The third kappa shape index (κ3) is 4.56. The smallest absolute Gasteiger partial charge is 0.342 e. The molecule has 0 spiro atoms. The van der Waals surface area contributed by atoms with Gasteiger partial charge in [-0.25, -0.2) is 4.79 Å². The van der Waals surface area contributed by atoms with Gasteiger partial charge >= 0.3 is 11.9 Å². The summed E-state index contributed by atoms with van der Waals surface area (Å²) in [6.45, 7) is 1.24. The molecule has 0 bridgehead atoms. The molecule has 2 aromatic carbocycles. The lowest BCUT2D eigenvalue weighted by Crippen LogP contribution is -2.12. The fraction of sp³-hybridized carbons (Fsp3) is 0.150. The number of hydrogen-bond donors (Lipinski definition) is 0. The maximum Gasteiger partial charge on any atom is 0.342 e. The number of rotatable bonds is 5. The Morgan fingerprint density at radius 2 is 1.47 bits per heavy atom. The third-order valence-corrected chi connectivity index (χ3v) is 6.49. The van der Waals surface area contributed by atoms with Crippen molar-refractivity contribution in [3.05, 3.63) is 58.9 Å². The Balaban J connectivity index is 2.10. The number of halogens is 4. The van der Waals surface area contributed by atoms with Crippen LogP contribution in [0.4, 0.5) is 0 Å². The lowest BCUT2D eigenvalue weighted by atomic mass is 9.95. The molecule has 1 aliphatic rings. The quantitative estimate of drug-likeness (QED) is 0.172. The van der Waals surface area contributed by atoms with E-state index in [1.54, 1.807) is 24.3 Å². The summed E-state index contributed by atoms with van der Waals surface area (Å²) in [7, 11) is 1.51. The predicted molar refractivity (Wildman–Crippen MR) is 124 cm³/mol. The molecule has 0 fully saturated rings. The fourth-order valence-corrected chi connectivity index (χ4v) is 5.73. The SMILES string of the molecule is COc1c(Br)cc(C(=O)C2=C(c3cc(Br)c(OC(C)=O)c(Br)c3)COC2=O)cc1Br. The maximum absolute atomic E-state index is 13.2. The average molecular weight is 668 g/mol. The normalized spacial score (nSPS) is 13.3. The summed E-state index contributed by atoms with van der Waals surface area (Å²) in [6, 6.07) is 6.48. The summed E-state index contributed by atoms with van der Waals surface area (Å²) in [6.07, 6.45) is 0. The topological polar surface area (TPSA) is 78.9 Å². The molecule has 156 valence electrons. The Bertz CT molecular complexity index is 1080. The molecule has 0 saturated carbocycles. The number of methoxy groups -OCH3 is 1. The standard InChI is InChI=1S/C20H12Br4O6/c1-8(25)30-19-14(23)3-9(4-15(19)24)11-7-29-20(27)16(11)17(26)10-5-12(21)18(28-2)13(22)6-10/h3-6H,7H2,1-2H3. The van der Waals surface area contributed by atoms with Crippen molar-refractivity contribution in [2.24, 2.45) is 0 Å². The molecule has 1 heterocycles. The largest absolute Gasteiger partial charge is 0.494 e. The average Bonchev–Trinajstić information content (AvgIpc) is 3.05. The van der Waals surface area contributed by atoms with E-state index in [0.29, 0.717) is 40.5 Å². The van der Waals surface area contributed by atoms with Crippen molar-refractivity contribution in [3.63, 3.8) is 0 Å². The first-order chi connectivity index (χ1) is 14.1. The minimum Gasteiger partial charge on any atom is -0.494 e. The highest BCUT2D eigenvalue weighted by atomic mass is 79.9. The monoisotopic (exact) mass is 664 g/mol. The van der Waals surface area contributed by atoms with Crippen molar-refractivity contribution < 1.29 is 28.6 Å². The molecule has 1 aliphatic heterocycles. The molecule has 0 radical (unpaired) electrons. The van der Waals surface area contributed by atoms with E-state index in [9.17, 15) is 14.4 Å². The molecule has 0 aliphatic carbocycles. The summed E-state index contributed by atoms with van der Waals surface area (Å²) >= 11 is 13.4. The van der Waals surface area contributed by atoms with E-state index in [2.05, 4.69) is 63.7 Å². The van der Waals surface area contributed by atoms with Gasteiger partial charge in [-0.1, -0.05) is 0 Å². The number of hydrogen-bond acceptors (Lipinski definition) is 6. The van der Waals surface area contributed by atoms with Crippen LogP contribution in [-0.4, -0.2) is 31.4 Å². The molecule has 0 saturated heterocycles. The number of carbonyl (C=O) groups is 3. The Kier molecular flexibility index (Phi) is 7.21. The molecule has 0 N–H and O–H groups in total. The third-order valence-electron chi connectivity index (χ3n) is 4.14. The molecule has 30 heavy (non-hydrogen) atoms. The van der Waals surface area contributed by atoms with Gasteiger partial charge in [0, 0.05) is 18.1 Å². The molecule has 10 heteroatoms. The number of cyclic esters (lactones) is 1. The molecule has 0 aromatic heterocycles.